The largest absolute Gasteiger partial charge is 0.459 e. The fraction of sp³-hybridized carbons (Fsp3) is 0.0714. The summed E-state index contributed by atoms with van der Waals surface area (Å²) < 4.78 is 5.75. The van der Waals surface area contributed by atoms with Crippen molar-refractivity contribution in [1.29, 1.82) is 0 Å². The number of rotatable bonds is 3. The van der Waals surface area contributed by atoms with Crippen LogP contribution in [0, 0.1) is 0 Å². The molecule has 0 amide bonds. The van der Waals surface area contributed by atoms with Crippen LogP contribution in [0.3, 0.4) is 0 Å². The van der Waals surface area contributed by atoms with Crippen molar-refractivity contribution in [3.05, 3.63) is 47.7 Å². The summed E-state index contributed by atoms with van der Waals surface area (Å²) in [5.74, 6) is 1.39. The number of anilines is 1. The van der Waals surface area contributed by atoms with Crippen molar-refractivity contribution in [2.75, 3.05) is 5.32 Å². The van der Waals surface area contributed by atoms with E-state index in [2.05, 4.69) is 25.3 Å². The first-order chi connectivity index (χ1) is 10.3. The van der Waals surface area contributed by atoms with E-state index in [1.807, 2.05) is 30.3 Å². The van der Waals surface area contributed by atoms with Gasteiger partial charge in [-0.3, -0.25) is 0 Å². The van der Waals surface area contributed by atoms with Crippen LogP contribution in [0.1, 0.15) is 5.76 Å². The van der Waals surface area contributed by atoms with E-state index in [0.29, 0.717) is 23.5 Å². The van der Waals surface area contributed by atoms with Crippen molar-refractivity contribution in [1.82, 2.24) is 19.9 Å². The maximum atomic E-state index is 5.89. The van der Waals surface area contributed by atoms with Gasteiger partial charge in [-0.1, -0.05) is 18.2 Å². The lowest BCUT2D eigenvalue weighted by Crippen LogP contribution is -2.02. The average Bonchev–Trinajstić information content (AvgIpc) is 3.10. The van der Waals surface area contributed by atoms with Crippen LogP contribution in [0.5, 0.6) is 0 Å². The van der Waals surface area contributed by atoms with Crippen LogP contribution in [0.25, 0.3) is 22.1 Å². The molecule has 0 aliphatic carbocycles. The van der Waals surface area contributed by atoms with Gasteiger partial charge in [0.15, 0.2) is 11.5 Å². The molecule has 0 radical (unpaired) electrons. The number of nitrogens with one attached hydrogen (secondary N) is 2. The minimum atomic E-state index is 0.166. The topological polar surface area (TPSA) is 79.6 Å². The van der Waals surface area contributed by atoms with Crippen LogP contribution >= 0.6 is 11.6 Å². The van der Waals surface area contributed by atoms with Gasteiger partial charge in [-0.05, 0) is 23.7 Å². The molecule has 3 heterocycles. The number of fused-ring (bicyclic) bond motifs is 2. The molecule has 104 valence electrons. The number of aromatic amines is 1. The Morgan fingerprint density at radius 3 is 3.05 bits per heavy atom. The molecule has 7 heteroatoms. The average molecular weight is 300 g/mol. The molecular formula is C14H10ClN5O. The summed E-state index contributed by atoms with van der Waals surface area (Å²) in [6.45, 7) is 0.490. The van der Waals surface area contributed by atoms with Gasteiger partial charge in [-0.2, -0.15) is 9.97 Å². The Balaban J connectivity index is 1.64. The summed E-state index contributed by atoms with van der Waals surface area (Å²) in [6.07, 6.45) is 1.56. The standard InChI is InChI=1S/C14H10ClN5O/c15-14-19-12(11-13(20-14)18-7-17-11)16-6-9-5-8-3-1-2-4-10(8)21-9/h1-5,7H,6H2,(H2,16,17,18,19,20). The Kier molecular flexibility index (Phi) is 2.75. The lowest BCUT2D eigenvalue weighted by Gasteiger charge is -2.04. The number of furan rings is 1. The van der Waals surface area contributed by atoms with Crippen LogP contribution in [-0.2, 0) is 6.54 Å². The van der Waals surface area contributed by atoms with Crippen molar-refractivity contribution in [2.45, 2.75) is 6.54 Å². The van der Waals surface area contributed by atoms with Gasteiger partial charge in [-0.25, -0.2) is 4.98 Å². The van der Waals surface area contributed by atoms with E-state index in [1.165, 1.54) is 0 Å². The number of aromatic nitrogens is 4. The number of imidazole rings is 1. The molecule has 2 N–H and O–H groups in total. The van der Waals surface area contributed by atoms with Crippen molar-refractivity contribution in [2.24, 2.45) is 0 Å². The minimum absolute atomic E-state index is 0.166. The molecule has 1 aromatic carbocycles. The second kappa shape index (κ2) is 4.75. The molecule has 0 aliphatic heterocycles. The SMILES string of the molecule is Clc1nc(NCc2cc3ccccc3o2)c2nc[nH]c2n1. The zero-order valence-corrected chi connectivity index (χ0v) is 11.6. The van der Waals surface area contributed by atoms with E-state index in [4.69, 9.17) is 16.0 Å². The molecule has 0 spiro atoms. The fourth-order valence-corrected chi connectivity index (χ4v) is 2.40. The number of halogens is 1. The highest BCUT2D eigenvalue weighted by Crippen LogP contribution is 2.22. The normalized spacial score (nSPS) is 11.3. The first-order valence-corrected chi connectivity index (χ1v) is 6.75. The van der Waals surface area contributed by atoms with Crippen molar-refractivity contribution in [3.63, 3.8) is 0 Å². The van der Waals surface area contributed by atoms with E-state index < -0.39 is 0 Å². The molecule has 0 bridgehead atoms. The summed E-state index contributed by atoms with van der Waals surface area (Å²) in [4.78, 5) is 15.3. The van der Waals surface area contributed by atoms with E-state index in [1.54, 1.807) is 6.33 Å². The van der Waals surface area contributed by atoms with Crippen LogP contribution in [0.2, 0.25) is 5.28 Å². The van der Waals surface area contributed by atoms with Crippen LogP contribution < -0.4 is 5.32 Å². The van der Waals surface area contributed by atoms with E-state index in [0.717, 1.165) is 16.7 Å². The second-order valence-corrected chi connectivity index (χ2v) is 4.88. The number of para-hydroxylation sites is 1. The predicted octanol–water partition coefficient (Wildman–Crippen LogP) is 3.36. The first-order valence-electron chi connectivity index (χ1n) is 6.37. The van der Waals surface area contributed by atoms with Gasteiger partial charge in [0.1, 0.15) is 16.9 Å². The van der Waals surface area contributed by atoms with Crippen molar-refractivity contribution < 1.29 is 4.42 Å². The summed E-state index contributed by atoms with van der Waals surface area (Å²) in [7, 11) is 0. The Morgan fingerprint density at radius 1 is 1.24 bits per heavy atom. The van der Waals surface area contributed by atoms with E-state index in [-0.39, 0.29) is 5.28 Å². The second-order valence-electron chi connectivity index (χ2n) is 4.55. The maximum absolute atomic E-state index is 5.89. The van der Waals surface area contributed by atoms with Crippen molar-refractivity contribution in [3.8, 4) is 0 Å². The predicted molar refractivity (Wildman–Crippen MR) is 80.2 cm³/mol. The number of hydrogen-bond donors (Lipinski definition) is 2. The minimum Gasteiger partial charge on any atom is -0.459 e. The molecule has 0 fully saturated rings. The third kappa shape index (κ3) is 2.19. The summed E-state index contributed by atoms with van der Waals surface area (Å²) in [5.41, 5.74) is 2.11. The molecule has 3 aromatic heterocycles. The van der Waals surface area contributed by atoms with Gasteiger partial charge in [0, 0.05) is 5.39 Å². The summed E-state index contributed by atoms with van der Waals surface area (Å²) >= 11 is 5.89. The van der Waals surface area contributed by atoms with Crippen LogP contribution in [0.4, 0.5) is 5.82 Å². The molecular weight excluding hydrogens is 290 g/mol. The summed E-state index contributed by atoms with van der Waals surface area (Å²) in [6, 6.07) is 9.86. The monoisotopic (exact) mass is 299 g/mol. The zero-order chi connectivity index (χ0) is 14.2. The highest BCUT2D eigenvalue weighted by atomic mass is 35.5. The number of hydrogen-bond acceptors (Lipinski definition) is 5. The highest BCUT2D eigenvalue weighted by molar-refractivity contribution is 6.28. The number of nitrogens with zero attached hydrogens (tertiary/aromatic N) is 3. The number of benzene rings is 1. The Morgan fingerprint density at radius 2 is 2.14 bits per heavy atom. The van der Waals surface area contributed by atoms with Gasteiger partial charge in [-0.15, -0.1) is 0 Å². The Bertz CT molecular complexity index is 896. The molecule has 0 saturated carbocycles. The van der Waals surface area contributed by atoms with Gasteiger partial charge in [0.05, 0.1) is 12.9 Å². The summed E-state index contributed by atoms with van der Waals surface area (Å²) in [5, 5.41) is 4.42. The molecule has 6 nitrogen and oxygen atoms in total. The fourth-order valence-electron chi connectivity index (χ4n) is 2.23. The Labute approximate surface area is 124 Å². The zero-order valence-electron chi connectivity index (χ0n) is 10.8. The molecule has 4 aromatic rings. The maximum Gasteiger partial charge on any atom is 0.226 e. The molecule has 0 atom stereocenters. The van der Waals surface area contributed by atoms with Gasteiger partial charge in [0.2, 0.25) is 5.28 Å². The van der Waals surface area contributed by atoms with Crippen LogP contribution in [-0.4, -0.2) is 19.9 Å². The highest BCUT2D eigenvalue weighted by Gasteiger charge is 2.10. The quantitative estimate of drug-likeness (QED) is 0.567. The molecule has 4 rings (SSSR count). The number of H-pyrrole nitrogens is 1. The lowest BCUT2D eigenvalue weighted by molar-refractivity contribution is 0.559. The van der Waals surface area contributed by atoms with E-state index >= 15 is 0 Å². The molecule has 0 saturated heterocycles. The van der Waals surface area contributed by atoms with Gasteiger partial charge < -0.3 is 14.7 Å². The Hall–Kier alpha value is -2.60. The van der Waals surface area contributed by atoms with E-state index in [9.17, 15) is 0 Å². The van der Waals surface area contributed by atoms with Crippen molar-refractivity contribution >= 4 is 39.6 Å². The van der Waals surface area contributed by atoms with Gasteiger partial charge in [0.25, 0.3) is 0 Å². The molecule has 21 heavy (non-hydrogen) atoms. The van der Waals surface area contributed by atoms with Gasteiger partial charge >= 0.3 is 0 Å². The lowest BCUT2D eigenvalue weighted by atomic mass is 10.2. The van der Waals surface area contributed by atoms with Crippen LogP contribution in [0.15, 0.2) is 41.1 Å². The smallest absolute Gasteiger partial charge is 0.226 e. The third-order valence-corrected chi connectivity index (χ3v) is 3.33. The first kappa shape index (κ1) is 12.2. The molecule has 0 aliphatic rings. The third-order valence-electron chi connectivity index (χ3n) is 3.16. The molecule has 0 unspecified atom stereocenters.